The van der Waals surface area contributed by atoms with Gasteiger partial charge in [-0.15, -0.1) is 0 Å². The molecule has 0 amide bonds. The van der Waals surface area contributed by atoms with Gasteiger partial charge in [-0.3, -0.25) is 4.79 Å². The van der Waals surface area contributed by atoms with Gasteiger partial charge in [0.15, 0.2) is 12.0 Å². The van der Waals surface area contributed by atoms with Gasteiger partial charge in [-0.25, -0.2) is 4.98 Å². The van der Waals surface area contributed by atoms with Gasteiger partial charge in [-0.2, -0.15) is 13.2 Å². The molecule has 0 aliphatic rings. The van der Waals surface area contributed by atoms with Crippen LogP contribution in [0.5, 0.6) is 0 Å². The third-order valence-corrected chi connectivity index (χ3v) is 3.93. The van der Waals surface area contributed by atoms with Gasteiger partial charge in [0.25, 0.3) is 0 Å². The molecule has 0 radical (unpaired) electrons. The fourth-order valence-electron chi connectivity index (χ4n) is 1.67. The number of aromatic nitrogens is 1. The van der Waals surface area contributed by atoms with E-state index >= 15 is 0 Å². The molecule has 0 unspecified atom stereocenters. The molecule has 2 aromatic rings. The molecule has 0 N–H and O–H groups in total. The number of carbonyl (C=O) groups is 1. The minimum absolute atomic E-state index is 0.0105. The second kappa shape index (κ2) is 5.83. The average molecular weight is 355 g/mol. The zero-order valence-electron chi connectivity index (χ0n) is 10.0. The fraction of sp³-hybridized carbons (Fsp3) is 0.0769. The number of pyridine rings is 1. The van der Waals surface area contributed by atoms with E-state index in [9.17, 15) is 18.0 Å². The van der Waals surface area contributed by atoms with E-state index in [2.05, 4.69) is 4.98 Å². The Balaban J connectivity index is 2.67. The summed E-state index contributed by atoms with van der Waals surface area (Å²) >= 11 is 17.6. The molecule has 1 heterocycles. The van der Waals surface area contributed by atoms with Gasteiger partial charge in [-0.1, -0.05) is 34.8 Å². The molecule has 1 aromatic heterocycles. The summed E-state index contributed by atoms with van der Waals surface area (Å²) in [4.78, 5) is 14.2. The van der Waals surface area contributed by atoms with E-state index < -0.39 is 17.4 Å². The van der Waals surface area contributed by atoms with Crippen molar-refractivity contribution in [2.24, 2.45) is 0 Å². The molecule has 0 spiro atoms. The van der Waals surface area contributed by atoms with E-state index in [0.717, 1.165) is 6.07 Å². The van der Waals surface area contributed by atoms with Crippen molar-refractivity contribution >= 4 is 41.1 Å². The van der Waals surface area contributed by atoms with Crippen LogP contribution in [0.25, 0.3) is 11.3 Å². The monoisotopic (exact) mass is 353 g/mol. The van der Waals surface area contributed by atoms with Gasteiger partial charge in [0.2, 0.25) is 0 Å². The normalized spacial score (nSPS) is 11.5. The van der Waals surface area contributed by atoms with Crippen molar-refractivity contribution in [3.05, 3.63) is 50.6 Å². The van der Waals surface area contributed by atoms with Crippen molar-refractivity contribution in [1.82, 2.24) is 4.98 Å². The summed E-state index contributed by atoms with van der Waals surface area (Å²) < 4.78 is 38.6. The second-order valence-electron chi connectivity index (χ2n) is 3.97. The number of alkyl halides is 3. The van der Waals surface area contributed by atoms with Crippen molar-refractivity contribution in [3.63, 3.8) is 0 Å². The Morgan fingerprint density at radius 2 is 1.67 bits per heavy atom. The minimum Gasteiger partial charge on any atom is -0.298 e. The van der Waals surface area contributed by atoms with Gasteiger partial charge in [0, 0.05) is 11.1 Å². The number of carbonyl (C=O) groups excluding carboxylic acids is 1. The maximum absolute atomic E-state index is 12.9. The highest BCUT2D eigenvalue weighted by molar-refractivity contribution is 6.49. The standard InChI is InChI=1S/C13H5Cl3F3NO/c14-8-3-2-7(10(15)11(8)16)9-4-1-6(5-21)12(20-9)13(17,18)19/h1-5H. The fourth-order valence-corrected chi connectivity index (χ4v) is 2.30. The average Bonchev–Trinajstić information content (AvgIpc) is 2.43. The lowest BCUT2D eigenvalue weighted by molar-refractivity contribution is -0.141. The smallest absolute Gasteiger partial charge is 0.298 e. The number of rotatable bonds is 2. The van der Waals surface area contributed by atoms with Crippen molar-refractivity contribution in [2.45, 2.75) is 6.18 Å². The zero-order valence-corrected chi connectivity index (χ0v) is 12.3. The van der Waals surface area contributed by atoms with E-state index in [0.29, 0.717) is 0 Å². The van der Waals surface area contributed by atoms with Crippen LogP contribution in [0.3, 0.4) is 0 Å². The molecule has 0 fully saturated rings. The lowest BCUT2D eigenvalue weighted by Gasteiger charge is -2.12. The minimum atomic E-state index is -4.76. The highest BCUT2D eigenvalue weighted by Gasteiger charge is 2.35. The van der Waals surface area contributed by atoms with E-state index in [1.54, 1.807) is 0 Å². The number of hydrogen-bond acceptors (Lipinski definition) is 2. The van der Waals surface area contributed by atoms with Crippen molar-refractivity contribution in [2.75, 3.05) is 0 Å². The highest BCUT2D eigenvalue weighted by atomic mass is 35.5. The zero-order chi connectivity index (χ0) is 15.8. The molecule has 0 aliphatic carbocycles. The van der Waals surface area contributed by atoms with E-state index in [1.165, 1.54) is 18.2 Å². The molecule has 8 heteroatoms. The highest BCUT2D eigenvalue weighted by Crippen LogP contribution is 2.38. The number of hydrogen-bond donors (Lipinski definition) is 0. The van der Waals surface area contributed by atoms with Crippen molar-refractivity contribution < 1.29 is 18.0 Å². The number of halogens is 6. The van der Waals surface area contributed by atoms with Crippen molar-refractivity contribution in [3.8, 4) is 11.3 Å². The Labute approximate surface area is 132 Å². The van der Waals surface area contributed by atoms with Crippen LogP contribution in [-0.2, 0) is 6.18 Å². The first-order valence-corrected chi connectivity index (χ1v) is 6.56. The van der Waals surface area contributed by atoms with Gasteiger partial charge < -0.3 is 0 Å². The summed E-state index contributed by atoms with van der Waals surface area (Å²) in [6.45, 7) is 0. The molecule has 0 saturated heterocycles. The molecule has 0 aliphatic heterocycles. The maximum Gasteiger partial charge on any atom is 0.434 e. The Bertz CT molecular complexity index is 717. The molecule has 21 heavy (non-hydrogen) atoms. The van der Waals surface area contributed by atoms with Crippen LogP contribution in [-0.4, -0.2) is 11.3 Å². The number of benzene rings is 1. The molecule has 0 saturated carbocycles. The summed E-state index contributed by atoms with van der Waals surface area (Å²) in [5.74, 6) is 0. The predicted molar refractivity (Wildman–Crippen MR) is 75.1 cm³/mol. The predicted octanol–water partition coefficient (Wildman–Crippen LogP) is 5.54. The molecule has 0 bridgehead atoms. The van der Waals surface area contributed by atoms with Gasteiger partial charge in [-0.05, 0) is 24.3 Å². The quantitative estimate of drug-likeness (QED) is 0.523. The third-order valence-electron chi connectivity index (χ3n) is 2.63. The molecule has 0 atom stereocenters. The summed E-state index contributed by atoms with van der Waals surface area (Å²) in [5, 5.41) is 0.181. The van der Waals surface area contributed by atoms with Crippen LogP contribution in [0.1, 0.15) is 16.1 Å². The first-order chi connectivity index (χ1) is 9.75. The Morgan fingerprint density at radius 3 is 2.24 bits per heavy atom. The first-order valence-electron chi connectivity index (χ1n) is 5.43. The maximum atomic E-state index is 12.9. The summed E-state index contributed by atoms with van der Waals surface area (Å²) in [7, 11) is 0. The van der Waals surface area contributed by atoms with Crippen LogP contribution in [0.15, 0.2) is 24.3 Å². The van der Waals surface area contributed by atoms with Crippen LogP contribution in [0.2, 0.25) is 15.1 Å². The van der Waals surface area contributed by atoms with Crippen LogP contribution in [0, 0.1) is 0 Å². The molecular weight excluding hydrogens is 350 g/mol. The van der Waals surface area contributed by atoms with Gasteiger partial charge in [0.05, 0.1) is 20.8 Å². The Kier molecular flexibility index (Phi) is 4.46. The van der Waals surface area contributed by atoms with E-state index in [1.807, 2.05) is 0 Å². The topological polar surface area (TPSA) is 30.0 Å². The number of aldehydes is 1. The molecule has 1 aromatic carbocycles. The van der Waals surface area contributed by atoms with Crippen LogP contribution in [0.4, 0.5) is 13.2 Å². The van der Waals surface area contributed by atoms with Gasteiger partial charge in [0.1, 0.15) is 0 Å². The molecule has 2 rings (SSSR count). The summed E-state index contributed by atoms with van der Waals surface area (Å²) in [5.41, 5.74) is -1.70. The molecular formula is C13H5Cl3F3NO. The van der Waals surface area contributed by atoms with Crippen LogP contribution >= 0.6 is 34.8 Å². The Morgan fingerprint density at radius 1 is 1.00 bits per heavy atom. The largest absolute Gasteiger partial charge is 0.434 e. The van der Waals surface area contributed by atoms with E-state index in [-0.39, 0.29) is 32.6 Å². The second-order valence-corrected chi connectivity index (χ2v) is 5.14. The summed E-state index contributed by atoms with van der Waals surface area (Å²) in [6.07, 6.45) is -4.66. The lowest BCUT2D eigenvalue weighted by Crippen LogP contribution is -2.12. The third kappa shape index (κ3) is 3.15. The van der Waals surface area contributed by atoms with E-state index in [4.69, 9.17) is 34.8 Å². The van der Waals surface area contributed by atoms with Crippen LogP contribution < -0.4 is 0 Å². The van der Waals surface area contributed by atoms with Crippen molar-refractivity contribution in [1.29, 1.82) is 0 Å². The SMILES string of the molecule is O=Cc1ccc(-c2ccc(Cl)c(Cl)c2Cl)nc1C(F)(F)F. The lowest BCUT2D eigenvalue weighted by atomic mass is 10.1. The van der Waals surface area contributed by atoms with Gasteiger partial charge >= 0.3 is 6.18 Å². The summed E-state index contributed by atoms with van der Waals surface area (Å²) in [6, 6.07) is 5.08. The molecule has 110 valence electrons. The number of nitrogens with zero attached hydrogens (tertiary/aromatic N) is 1. The Hall–Kier alpha value is -1.30. The molecule has 2 nitrogen and oxygen atoms in total. The first kappa shape index (κ1) is 16.1.